The Balaban J connectivity index is 3.07. The van der Waals surface area contributed by atoms with Gasteiger partial charge in [-0.05, 0) is 19.3 Å². The molecule has 1 N–H and O–H groups in total. The van der Waals surface area contributed by atoms with Crippen LogP contribution >= 0.6 is 0 Å². The van der Waals surface area contributed by atoms with Crippen LogP contribution in [-0.2, 0) is 9.63 Å². The Labute approximate surface area is 68.1 Å². The summed E-state index contributed by atoms with van der Waals surface area (Å²) in [6.45, 7) is 6.68. The van der Waals surface area contributed by atoms with E-state index in [2.05, 4.69) is 19.3 Å². The first-order valence-electron chi connectivity index (χ1n) is 3.99. The van der Waals surface area contributed by atoms with Crippen LogP contribution < -0.4 is 5.48 Å². The summed E-state index contributed by atoms with van der Waals surface area (Å²) in [4.78, 5) is 15.1. The van der Waals surface area contributed by atoms with Gasteiger partial charge in [0.1, 0.15) is 6.29 Å². The maximum Gasteiger partial charge on any atom is 0.138 e. The van der Waals surface area contributed by atoms with E-state index in [0.717, 1.165) is 12.7 Å². The van der Waals surface area contributed by atoms with Crippen molar-refractivity contribution in [2.24, 2.45) is 5.92 Å². The van der Waals surface area contributed by atoms with Gasteiger partial charge in [0.2, 0.25) is 0 Å². The lowest BCUT2D eigenvalue weighted by Crippen LogP contribution is -2.28. The van der Waals surface area contributed by atoms with Crippen LogP contribution in [-0.4, -0.2) is 18.9 Å². The molecule has 0 radical (unpaired) electrons. The molecule has 0 bridgehead atoms. The van der Waals surface area contributed by atoms with Gasteiger partial charge >= 0.3 is 0 Å². The zero-order valence-electron chi connectivity index (χ0n) is 7.46. The van der Waals surface area contributed by atoms with Crippen LogP contribution in [0.25, 0.3) is 0 Å². The van der Waals surface area contributed by atoms with Crippen molar-refractivity contribution < 1.29 is 9.63 Å². The Morgan fingerprint density at radius 2 is 2.09 bits per heavy atom. The molecule has 0 aromatic heterocycles. The summed E-state index contributed by atoms with van der Waals surface area (Å²) in [6.07, 6.45) is 1.83. The van der Waals surface area contributed by atoms with E-state index in [9.17, 15) is 4.79 Å². The first kappa shape index (κ1) is 10.6. The molecule has 66 valence electrons. The highest BCUT2D eigenvalue weighted by atomic mass is 16.6. The molecule has 3 heteroatoms. The van der Waals surface area contributed by atoms with Crippen LogP contribution in [0.5, 0.6) is 0 Å². The largest absolute Gasteiger partial charge is 0.302 e. The first-order valence-corrected chi connectivity index (χ1v) is 3.99. The van der Waals surface area contributed by atoms with Crippen LogP contribution in [0.15, 0.2) is 0 Å². The fraction of sp³-hybridized carbons (Fsp3) is 0.875. The van der Waals surface area contributed by atoms with E-state index in [4.69, 9.17) is 4.84 Å². The second-order valence-electron chi connectivity index (χ2n) is 3.07. The Morgan fingerprint density at radius 3 is 2.55 bits per heavy atom. The lowest BCUT2D eigenvalue weighted by atomic mass is 10.1. The van der Waals surface area contributed by atoms with Gasteiger partial charge in [-0.25, -0.2) is 0 Å². The highest BCUT2D eigenvalue weighted by Gasteiger charge is 1.97. The maximum atomic E-state index is 10.1. The van der Waals surface area contributed by atoms with Crippen LogP contribution in [0, 0.1) is 5.92 Å². The highest BCUT2D eigenvalue weighted by Crippen LogP contribution is 1.97. The zero-order chi connectivity index (χ0) is 8.69. The molecule has 0 aromatic carbocycles. The van der Waals surface area contributed by atoms with Crippen molar-refractivity contribution in [2.45, 2.75) is 33.2 Å². The highest BCUT2D eigenvalue weighted by molar-refractivity contribution is 5.56. The predicted molar refractivity (Wildman–Crippen MR) is 44.1 cm³/mol. The third kappa shape index (κ3) is 7.49. The third-order valence-electron chi connectivity index (χ3n) is 1.27. The van der Waals surface area contributed by atoms with E-state index in [0.29, 0.717) is 12.5 Å². The van der Waals surface area contributed by atoms with Gasteiger partial charge in [0.15, 0.2) is 0 Å². The van der Waals surface area contributed by atoms with Gasteiger partial charge in [-0.2, -0.15) is 5.48 Å². The van der Waals surface area contributed by atoms with Gasteiger partial charge in [-0.3, -0.25) is 0 Å². The van der Waals surface area contributed by atoms with Gasteiger partial charge in [0.05, 0.1) is 12.6 Å². The molecule has 0 heterocycles. The first-order chi connectivity index (χ1) is 5.16. The fourth-order valence-corrected chi connectivity index (χ4v) is 0.513. The van der Waals surface area contributed by atoms with Gasteiger partial charge in [0.25, 0.3) is 0 Å². The second kappa shape index (κ2) is 6.31. The van der Waals surface area contributed by atoms with Crippen molar-refractivity contribution in [1.82, 2.24) is 5.48 Å². The van der Waals surface area contributed by atoms with Gasteiger partial charge in [-0.15, -0.1) is 0 Å². The average molecular weight is 159 g/mol. The van der Waals surface area contributed by atoms with Crippen LogP contribution in [0.2, 0.25) is 0 Å². The molecule has 11 heavy (non-hydrogen) atoms. The Bertz CT molecular complexity index is 104. The standard InChI is InChI=1S/C8H17NO2/c1-7(2)4-5-11-9-8(3)6-10/h6-9H,4-5H2,1-3H3/t8-/m0/s1. The Kier molecular flexibility index (Phi) is 6.07. The summed E-state index contributed by atoms with van der Waals surface area (Å²) in [5.74, 6) is 0.642. The summed E-state index contributed by atoms with van der Waals surface area (Å²) < 4.78 is 0. The number of carbonyl (C=O) groups excluding carboxylic acids is 1. The number of hydroxylamine groups is 1. The molecule has 0 saturated carbocycles. The molecular weight excluding hydrogens is 142 g/mol. The molecule has 3 nitrogen and oxygen atoms in total. The SMILES string of the molecule is CC(C)CCON[C@@H](C)C=O. The van der Waals surface area contributed by atoms with Crippen molar-refractivity contribution in [3.63, 3.8) is 0 Å². The summed E-state index contributed by atoms with van der Waals surface area (Å²) in [5, 5.41) is 0. The Hall–Kier alpha value is -0.410. The maximum absolute atomic E-state index is 10.1. The summed E-state index contributed by atoms with van der Waals surface area (Å²) in [6, 6.07) is -0.206. The van der Waals surface area contributed by atoms with Crippen LogP contribution in [0.4, 0.5) is 0 Å². The molecule has 0 aliphatic rings. The van der Waals surface area contributed by atoms with E-state index in [1.54, 1.807) is 6.92 Å². The van der Waals surface area contributed by atoms with Gasteiger partial charge in [-0.1, -0.05) is 13.8 Å². The van der Waals surface area contributed by atoms with Gasteiger partial charge in [0, 0.05) is 0 Å². The van der Waals surface area contributed by atoms with E-state index in [-0.39, 0.29) is 6.04 Å². The molecule has 0 saturated heterocycles. The number of aldehydes is 1. The number of nitrogens with one attached hydrogen (secondary N) is 1. The molecule has 0 fully saturated rings. The topological polar surface area (TPSA) is 38.3 Å². The molecule has 0 rings (SSSR count). The molecular formula is C8H17NO2. The molecule has 0 unspecified atom stereocenters. The monoisotopic (exact) mass is 159 g/mol. The lowest BCUT2D eigenvalue weighted by molar-refractivity contribution is -0.113. The van der Waals surface area contributed by atoms with E-state index < -0.39 is 0 Å². The van der Waals surface area contributed by atoms with Crippen molar-refractivity contribution >= 4 is 6.29 Å². The van der Waals surface area contributed by atoms with Crippen LogP contribution in [0.3, 0.4) is 0 Å². The zero-order valence-corrected chi connectivity index (χ0v) is 7.46. The number of rotatable bonds is 6. The van der Waals surface area contributed by atoms with Crippen molar-refractivity contribution in [2.75, 3.05) is 6.61 Å². The van der Waals surface area contributed by atoms with E-state index >= 15 is 0 Å². The fourth-order valence-electron chi connectivity index (χ4n) is 0.513. The predicted octanol–water partition coefficient (Wildman–Crippen LogP) is 1.14. The van der Waals surface area contributed by atoms with Crippen molar-refractivity contribution in [3.8, 4) is 0 Å². The molecule has 0 aliphatic heterocycles. The Morgan fingerprint density at radius 1 is 1.45 bits per heavy atom. The summed E-state index contributed by atoms with van der Waals surface area (Å²) >= 11 is 0. The van der Waals surface area contributed by atoms with Crippen molar-refractivity contribution in [3.05, 3.63) is 0 Å². The normalized spacial score (nSPS) is 13.5. The molecule has 0 spiro atoms. The smallest absolute Gasteiger partial charge is 0.138 e. The third-order valence-corrected chi connectivity index (χ3v) is 1.27. The van der Waals surface area contributed by atoms with Gasteiger partial charge < -0.3 is 9.63 Å². The summed E-state index contributed by atoms with van der Waals surface area (Å²) in [5.41, 5.74) is 2.62. The number of hydrogen-bond donors (Lipinski definition) is 1. The van der Waals surface area contributed by atoms with E-state index in [1.807, 2.05) is 0 Å². The number of hydrogen-bond acceptors (Lipinski definition) is 3. The second-order valence-corrected chi connectivity index (χ2v) is 3.07. The molecule has 0 amide bonds. The number of carbonyl (C=O) groups is 1. The minimum absolute atomic E-state index is 0.206. The molecule has 0 aliphatic carbocycles. The van der Waals surface area contributed by atoms with Crippen LogP contribution in [0.1, 0.15) is 27.2 Å². The minimum Gasteiger partial charge on any atom is -0.302 e. The quantitative estimate of drug-likeness (QED) is 0.359. The van der Waals surface area contributed by atoms with Crippen molar-refractivity contribution in [1.29, 1.82) is 0 Å². The average Bonchev–Trinajstić information content (AvgIpc) is 1.97. The molecule has 1 atom stereocenters. The summed E-state index contributed by atoms with van der Waals surface area (Å²) in [7, 11) is 0. The van der Waals surface area contributed by atoms with E-state index in [1.165, 1.54) is 0 Å². The minimum atomic E-state index is -0.206. The lowest BCUT2D eigenvalue weighted by Gasteiger charge is -2.08. The molecule has 0 aromatic rings.